The van der Waals surface area contributed by atoms with Crippen molar-refractivity contribution in [1.82, 2.24) is 0 Å². The zero-order chi connectivity index (χ0) is 0. The maximum absolute atomic E-state index is 0. The van der Waals surface area contributed by atoms with E-state index in [0.717, 1.165) is 0 Å². The van der Waals surface area contributed by atoms with Crippen LogP contribution in [-0.2, 0) is 34.1 Å². The second-order valence-corrected chi connectivity index (χ2v) is 0. The second-order valence-electron chi connectivity index (χ2n) is 0. The molecule has 0 spiro atoms. The van der Waals surface area contributed by atoms with Gasteiger partial charge >= 0.3 is 34.1 Å². The number of hydrogen-bond donors (Lipinski definition) is 0. The molecular formula is H5Fe2O5. The van der Waals surface area contributed by atoms with Gasteiger partial charge in [0.05, 0.1) is 0 Å². The van der Waals surface area contributed by atoms with Gasteiger partial charge in [-0.3, -0.25) is 0 Å². The minimum Gasteiger partial charge on any atom is -0.870 e. The molecule has 0 aliphatic carbocycles. The number of rotatable bonds is 0. The molecule has 5 N–H and O–H groups in total. The fourth-order valence-corrected chi connectivity index (χ4v) is 0. The zero-order valence-corrected chi connectivity index (χ0v) is 5.15. The standard InChI is InChI=1S/2Fe.5H2O/h;;5*1H2/q+2;+3;;;;;/p-5. The fourth-order valence-electron chi connectivity index (χ4n) is 0. The fraction of sp³-hybridized carbons (Fsp3) is 0. The van der Waals surface area contributed by atoms with Crippen molar-refractivity contribution < 1.29 is 61.5 Å². The maximum Gasteiger partial charge on any atom is 3.00 e. The summed E-state index contributed by atoms with van der Waals surface area (Å²) in [4.78, 5) is 0. The van der Waals surface area contributed by atoms with Crippen LogP contribution >= 0.6 is 0 Å². The largest absolute Gasteiger partial charge is 3.00 e. The second kappa shape index (κ2) is 331. The molecule has 0 aromatic carbocycles. The van der Waals surface area contributed by atoms with Crippen LogP contribution < -0.4 is 0 Å². The van der Waals surface area contributed by atoms with Crippen molar-refractivity contribution in [1.29, 1.82) is 0 Å². The minimum atomic E-state index is 0. The smallest absolute Gasteiger partial charge is 0.870 e. The molecule has 1 radical (unpaired) electrons. The normalized spacial score (nSPS) is 0. The van der Waals surface area contributed by atoms with E-state index in [1.807, 2.05) is 0 Å². The van der Waals surface area contributed by atoms with Crippen molar-refractivity contribution in [2.75, 3.05) is 0 Å². The van der Waals surface area contributed by atoms with Crippen LogP contribution in [0.5, 0.6) is 0 Å². The zero-order valence-electron chi connectivity index (χ0n) is 2.94. The molecule has 0 aromatic rings. The van der Waals surface area contributed by atoms with Gasteiger partial charge in [0.15, 0.2) is 0 Å². The third-order valence-corrected chi connectivity index (χ3v) is 0. The molecule has 7 heavy (non-hydrogen) atoms. The van der Waals surface area contributed by atoms with Gasteiger partial charge < -0.3 is 27.4 Å². The molecule has 51 valence electrons. The van der Waals surface area contributed by atoms with E-state index < -0.39 is 0 Å². The molecule has 0 aliphatic rings. The Morgan fingerprint density at radius 3 is 0.429 bits per heavy atom. The first-order valence-corrected chi connectivity index (χ1v) is 0. The predicted molar refractivity (Wildman–Crippen MR) is 9.68 cm³/mol. The van der Waals surface area contributed by atoms with Crippen LogP contribution in [-0.4, -0.2) is 27.4 Å². The van der Waals surface area contributed by atoms with Crippen LogP contribution in [0.15, 0.2) is 0 Å². The SMILES string of the molecule is [Fe+2].[Fe+3].[OH-].[OH-].[OH-].[OH-].[OH-]. The van der Waals surface area contributed by atoms with E-state index in [9.17, 15) is 0 Å². The van der Waals surface area contributed by atoms with E-state index >= 15 is 0 Å². The summed E-state index contributed by atoms with van der Waals surface area (Å²) in [5.41, 5.74) is 0. The number of hydrogen-bond acceptors (Lipinski definition) is 5. The minimum absolute atomic E-state index is 0. The molecular weight excluding hydrogens is 192 g/mol. The third kappa shape index (κ3) is 228. The Morgan fingerprint density at radius 1 is 0.429 bits per heavy atom. The Hall–Kier alpha value is 0.839. The molecule has 0 aromatic heterocycles. The van der Waals surface area contributed by atoms with Crippen molar-refractivity contribution in [2.45, 2.75) is 0 Å². The first-order valence-electron chi connectivity index (χ1n) is 0. The third-order valence-electron chi connectivity index (χ3n) is 0. The van der Waals surface area contributed by atoms with E-state index in [1.165, 1.54) is 0 Å². The van der Waals surface area contributed by atoms with Crippen molar-refractivity contribution in [3.8, 4) is 0 Å². The van der Waals surface area contributed by atoms with E-state index in [2.05, 4.69) is 0 Å². The Balaban J connectivity index is 0. The van der Waals surface area contributed by atoms with E-state index in [4.69, 9.17) is 0 Å². The molecule has 0 rings (SSSR count). The molecule has 0 saturated carbocycles. The van der Waals surface area contributed by atoms with E-state index in [-0.39, 0.29) is 61.5 Å². The quantitative estimate of drug-likeness (QED) is 0.461. The van der Waals surface area contributed by atoms with Gasteiger partial charge in [-0.25, -0.2) is 0 Å². The van der Waals surface area contributed by atoms with Crippen molar-refractivity contribution in [3.05, 3.63) is 0 Å². The maximum atomic E-state index is 0. The van der Waals surface area contributed by atoms with Crippen LogP contribution in [0, 0.1) is 0 Å². The molecule has 0 aliphatic heterocycles. The van der Waals surface area contributed by atoms with Gasteiger partial charge in [0, 0.05) is 0 Å². The van der Waals surface area contributed by atoms with Gasteiger partial charge in [-0.15, -0.1) is 0 Å². The Labute approximate surface area is 62.0 Å². The van der Waals surface area contributed by atoms with Gasteiger partial charge in [0.2, 0.25) is 0 Å². The van der Waals surface area contributed by atoms with Gasteiger partial charge in [0.1, 0.15) is 0 Å². The van der Waals surface area contributed by atoms with E-state index in [0.29, 0.717) is 0 Å². The Kier molecular flexibility index (Phi) is 24700. The molecule has 0 fully saturated rings. The molecule has 0 bridgehead atoms. The topological polar surface area (TPSA) is 150 Å². The monoisotopic (exact) mass is 197 g/mol. The van der Waals surface area contributed by atoms with Crippen molar-refractivity contribution in [2.24, 2.45) is 0 Å². The molecule has 0 saturated heterocycles. The summed E-state index contributed by atoms with van der Waals surface area (Å²) in [6.45, 7) is 0. The van der Waals surface area contributed by atoms with E-state index in [1.54, 1.807) is 0 Å². The van der Waals surface area contributed by atoms with Gasteiger partial charge in [0.25, 0.3) is 0 Å². The summed E-state index contributed by atoms with van der Waals surface area (Å²) in [6, 6.07) is 0. The van der Waals surface area contributed by atoms with Crippen molar-refractivity contribution >= 4 is 0 Å². The van der Waals surface area contributed by atoms with Gasteiger partial charge in [-0.2, -0.15) is 0 Å². The predicted octanol–water partition coefficient (Wildman–Crippen LogP) is -0.889. The molecule has 0 heterocycles. The summed E-state index contributed by atoms with van der Waals surface area (Å²) in [7, 11) is 0. The van der Waals surface area contributed by atoms with Crippen LogP contribution in [0.25, 0.3) is 0 Å². The molecule has 0 atom stereocenters. The summed E-state index contributed by atoms with van der Waals surface area (Å²) in [6.07, 6.45) is 0. The van der Waals surface area contributed by atoms with Crippen LogP contribution in [0.4, 0.5) is 0 Å². The van der Waals surface area contributed by atoms with Gasteiger partial charge in [-0.1, -0.05) is 0 Å². The molecule has 7 heteroatoms. The Bertz CT molecular complexity index is 6.04. The average molecular weight is 197 g/mol. The van der Waals surface area contributed by atoms with Crippen LogP contribution in [0.3, 0.4) is 0 Å². The summed E-state index contributed by atoms with van der Waals surface area (Å²) >= 11 is 0. The van der Waals surface area contributed by atoms with Gasteiger partial charge in [-0.05, 0) is 0 Å². The Morgan fingerprint density at radius 2 is 0.429 bits per heavy atom. The summed E-state index contributed by atoms with van der Waals surface area (Å²) < 4.78 is 0. The summed E-state index contributed by atoms with van der Waals surface area (Å²) in [5, 5.41) is 0. The summed E-state index contributed by atoms with van der Waals surface area (Å²) in [5.74, 6) is 0. The average Bonchev–Trinajstić information content (AvgIpc) is 0. The first-order chi connectivity index (χ1) is 0. The molecule has 5 nitrogen and oxygen atoms in total. The first kappa shape index (κ1) is 521. The molecule has 0 amide bonds. The molecule has 0 unspecified atom stereocenters. The van der Waals surface area contributed by atoms with Crippen LogP contribution in [0.1, 0.15) is 0 Å². The van der Waals surface area contributed by atoms with Crippen molar-refractivity contribution in [3.63, 3.8) is 0 Å². The van der Waals surface area contributed by atoms with Crippen LogP contribution in [0.2, 0.25) is 0 Å².